The van der Waals surface area contributed by atoms with E-state index in [1.54, 1.807) is 36.4 Å². The Bertz CT molecular complexity index is 836. The second-order valence-corrected chi connectivity index (χ2v) is 7.05. The molecule has 0 bridgehead atoms. The van der Waals surface area contributed by atoms with Gasteiger partial charge in [0.05, 0.1) is 12.8 Å². The Morgan fingerprint density at radius 2 is 1.96 bits per heavy atom. The van der Waals surface area contributed by atoms with E-state index < -0.39 is 0 Å². The third-order valence-electron chi connectivity index (χ3n) is 4.50. The molecule has 1 saturated heterocycles. The zero-order chi connectivity index (χ0) is 20.1. The average molecular weight is 404 g/mol. The van der Waals surface area contributed by atoms with E-state index in [4.69, 9.17) is 16.0 Å². The largest absolute Gasteiger partial charge is 0.467 e. The molecule has 1 aromatic carbocycles. The number of anilines is 1. The zero-order valence-electron chi connectivity index (χ0n) is 15.6. The van der Waals surface area contributed by atoms with Crippen molar-refractivity contribution >= 4 is 35.0 Å². The van der Waals surface area contributed by atoms with E-state index >= 15 is 0 Å². The molecule has 148 valence electrons. The molecular weight excluding hydrogens is 382 g/mol. The van der Waals surface area contributed by atoms with Crippen LogP contribution in [0, 0.1) is 0 Å². The molecule has 1 fully saturated rings. The highest BCUT2D eigenvalue weighted by Crippen LogP contribution is 2.22. The van der Waals surface area contributed by atoms with Gasteiger partial charge < -0.3 is 14.2 Å². The monoisotopic (exact) mass is 403 g/mol. The summed E-state index contributed by atoms with van der Waals surface area (Å²) in [7, 11) is 0. The van der Waals surface area contributed by atoms with Crippen LogP contribution in [-0.2, 0) is 20.9 Å². The van der Waals surface area contributed by atoms with Gasteiger partial charge in [-0.15, -0.1) is 0 Å². The molecule has 0 unspecified atom stereocenters. The molecule has 8 heteroatoms. The lowest BCUT2D eigenvalue weighted by atomic mass is 10.2. The topological polar surface area (TPSA) is 74.1 Å². The van der Waals surface area contributed by atoms with Crippen molar-refractivity contribution in [2.75, 3.05) is 24.7 Å². The first kappa shape index (κ1) is 19.9. The van der Waals surface area contributed by atoms with Crippen LogP contribution in [0.1, 0.15) is 25.5 Å². The van der Waals surface area contributed by atoms with Gasteiger partial charge in [-0.1, -0.05) is 18.5 Å². The second kappa shape index (κ2) is 8.93. The normalized spacial score (nSPS) is 13.9. The van der Waals surface area contributed by atoms with Gasteiger partial charge in [-0.3, -0.25) is 19.3 Å². The fraction of sp³-hybridized carbons (Fsp3) is 0.350. The fourth-order valence-corrected chi connectivity index (χ4v) is 3.15. The fourth-order valence-electron chi connectivity index (χ4n) is 3.02. The van der Waals surface area contributed by atoms with Crippen LogP contribution in [-0.4, -0.2) is 47.3 Å². The molecule has 28 heavy (non-hydrogen) atoms. The quantitative estimate of drug-likeness (QED) is 0.712. The molecule has 2 aromatic rings. The van der Waals surface area contributed by atoms with E-state index in [1.807, 2.05) is 6.92 Å². The minimum absolute atomic E-state index is 0.0159. The van der Waals surface area contributed by atoms with E-state index in [0.717, 1.165) is 0 Å². The number of amides is 3. The summed E-state index contributed by atoms with van der Waals surface area (Å²) in [5.41, 5.74) is 0.680. The van der Waals surface area contributed by atoms with Crippen molar-refractivity contribution in [3.8, 4) is 0 Å². The highest BCUT2D eigenvalue weighted by molar-refractivity contribution is 6.30. The second-order valence-electron chi connectivity index (χ2n) is 6.61. The predicted molar refractivity (Wildman–Crippen MR) is 105 cm³/mol. The lowest BCUT2D eigenvalue weighted by Gasteiger charge is -2.24. The van der Waals surface area contributed by atoms with Crippen LogP contribution in [0.5, 0.6) is 0 Å². The average Bonchev–Trinajstić information content (AvgIpc) is 3.32. The summed E-state index contributed by atoms with van der Waals surface area (Å²) in [5.74, 6) is 0.0406. The molecule has 1 aliphatic rings. The van der Waals surface area contributed by atoms with Crippen molar-refractivity contribution in [3.05, 3.63) is 53.4 Å². The van der Waals surface area contributed by atoms with E-state index in [1.165, 1.54) is 21.0 Å². The lowest BCUT2D eigenvalue weighted by molar-refractivity contribution is -0.141. The van der Waals surface area contributed by atoms with Crippen LogP contribution in [0.15, 0.2) is 47.1 Å². The van der Waals surface area contributed by atoms with E-state index in [0.29, 0.717) is 29.3 Å². The third-order valence-corrected chi connectivity index (χ3v) is 4.75. The van der Waals surface area contributed by atoms with Gasteiger partial charge in [-0.05, 0) is 42.8 Å². The minimum atomic E-state index is -0.277. The molecule has 0 aliphatic carbocycles. The Hall–Kier alpha value is -2.80. The maximum absolute atomic E-state index is 12.8. The number of rotatable bonds is 7. The van der Waals surface area contributed by atoms with Crippen LogP contribution < -0.4 is 4.90 Å². The number of benzene rings is 1. The van der Waals surface area contributed by atoms with Crippen LogP contribution in [0.25, 0.3) is 0 Å². The minimum Gasteiger partial charge on any atom is -0.467 e. The number of nitrogens with zero attached hydrogens (tertiary/aromatic N) is 3. The van der Waals surface area contributed by atoms with Crippen LogP contribution in [0.4, 0.5) is 5.69 Å². The number of hydrogen-bond acceptors (Lipinski definition) is 4. The Morgan fingerprint density at radius 3 is 2.61 bits per heavy atom. The van der Waals surface area contributed by atoms with Crippen LogP contribution in [0.3, 0.4) is 0 Å². The number of hydrogen-bond donors (Lipinski definition) is 0. The number of carbonyl (C=O) groups is 3. The van der Waals surface area contributed by atoms with Crippen molar-refractivity contribution in [2.24, 2.45) is 0 Å². The Labute approximate surface area is 168 Å². The molecule has 3 rings (SSSR count). The van der Waals surface area contributed by atoms with Crippen molar-refractivity contribution in [1.29, 1.82) is 0 Å². The summed E-state index contributed by atoms with van der Waals surface area (Å²) >= 11 is 5.89. The van der Waals surface area contributed by atoms with Gasteiger partial charge in [0.1, 0.15) is 25.5 Å². The molecule has 0 radical (unpaired) electrons. The zero-order valence-corrected chi connectivity index (χ0v) is 16.4. The molecule has 0 N–H and O–H groups in total. The van der Waals surface area contributed by atoms with Crippen molar-refractivity contribution in [1.82, 2.24) is 9.80 Å². The standard InChI is InChI=1S/C20H22ClN3O4/c1-2-4-18(25)22(11-17-5-3-10-28-17)12-19(26)23-13-20(27)24(14-23)16-8-6-15(21)7-9-16/h3,5-10H,2,4,11-14H2,1H3. The maximum Gasteiger partial charge on any atom is 0.248 e. The predicted octanol–water partition coefficient (Wildman–Crippen LogP) is 2.89. The molecule has 1 aliphatic heterocycles. The lowest BCUT2D eigenvalue weighted by Crippen LogP contribution is -2.42. The van der Waals surface area contributed by atoms with Gasteiger partial charge in [-0.25, -0.2) is 0 Å². The SMILES string of the molecule is CCCC(=O)N(CC(=O)N1CC(=O)N(c2ccc(Cl)cc2)C1)Cc1ccco1. The first-order valence-electron chi connectivity index (χ1n) is 9.11. The van der Waals surface area contributed by atoms with Crippen LogP contribution in [0.2, 0.25) is 5.02 Å². The Morgan fingerprint density at radius 1 is 1.21 bits per heavy atom. The van der Waals surface area contributed by atoms with Gasteiger partial charge in [0.15, 0.2) is 0 Å². The van der Waals surface area contributed by atoms with E-state index in [2.05, 4.69) is 0 Å². The summed E-state index contributed by atoms with van der Waals surface area (Å²) in [5, 5.41) is 0.575. The number of halogens is 1. The highest BCUT2D eigenvalue weighted by Gasteiger charge is 2.33. The van der Waals surface area contributed by atoms with Gasteiger partial charge in [-0.2, -0.15) is 0 Å². The van der Waals surface area contributed by atoms with Crippen molar-refractivity contribution in [3.63, 3.8) is 0 Å². The molecule has 0 saturated carbocycles. The molecular formula is C20H22ClN3O4. The summed E-state index contributed by atoms with van der Waals surface area (Å²) in [4.78, 5) is 42.0. The van der Waals surface area contributed by atoms with Crippen molar-refractivity contribution in [2.45, 2.75) is 26.3 Å². The number of furan rings is 1. The van der Waals surface area contributed by atoms with Gasteiger partial charge >= 0.3 is 0 Å². The summed E-state index contributed by atoms with van der Waals surface area (Å²) < 4.78 is 5.31. The molecule has 0 spiro atoms. The summed E-state index contributed by atoms with van der Waals surface area (Å²) in [6, 6.07) is 10.4. The maximum atomic E-state index is 12.8. The van der Waals surface area contributed by atoms with Gasteiger partial charge in [0.2, 0.25) is 17.7 Å². The third kappa shape index (κ3) is 4.72. The summed E-state index contributed by atoms with van der Waals surface area (Å²) in [6.45, 7) is 2.17. The number of carbonyl (C=O) groups excluding carboxylic acids is 3. The van der Waals surface area contributed by atoms with Crippen molar-refractivity contribution < 1.29 is 18.8 Å². The smallest absolute Gasteiger partial charge is 0.248 e. The van der Waals surface area contributed by atoms with E-state index in [9.17, 15) is 14.4 Å². The van der Waals surface area contributed by atoms with Gasteiger partial charge in [0.25, 0.3) is 0 Å². The molecule has 3 amide bonds. The summed E-state index contributed by atoms with van der Waals surface area (Å²) in [6.07, 6.45) is 2.57. The highest BCUT2D eigenvalue weighted by atomic mass is 35.5. The Balaban J connectivity index is 1.66. The molecule has 1 aromatic heterocycles. The molecule has 0 atom stereocenters. The molecule has 2 heterocycles. The van der Waals surface area contributed by atoms with Crippen LogP contribution >= 0.6 is 11.6 Å². The Kier molecular flexibility index (Phi) is 6.36. The molecule has 7 nitrogen and oxygen atoms in total. The first-order valence-corrected chi connectivity index (χ1v) is 9.49. The first-order chi connectivity index (χ1) is 13.5. The van der Waals surface area contributed by atoms with E-state index in [-0.39, 0.29) is 44.0 Å². The van der Waals surface area contributed by atoms with Gasteiger partial charge in [0, 0.05) is 17.1 Å².